The zero-order chi connectivity index (χ0) is 13.0. The number of hydrogen-bond acceptors (Lipinski definition) is 4. The lowest BCUT2D eigenvalue weighted by molar-refractivity contribution is 0.548. The summed E-state index contributed by atoms with van der Waals surface area (Å²) in [5.41, 5.74) is 5.78. The molecule has 0 spiro atoms. The van der Waals surface area contributed by atoms with Crippen LogP contribution in [0.5, 0.6) is 0 Å². The second kappa shape index (κ2) is 5.84. The van der Waals surface area contributed by atoms with E-state index >= 15 is 0 Å². The molecular weight excluding hydrogens is 212 g/mol. The van der Waals surface area contributed by atoms with Gasteiger partial charge < -0.3 is 10.6 Å². The van der Waals surface area contributed by atoms with Gasteiger partial charge in [-0.1, -0.05) is 27.7 Å². The third kappa shape index (κ3) is 4.59. The van der Waals surface area contributed by atoms with Gasteiger partial charge in [0.05, 0.1) is 0 Å². The fourth-order valence-corrected chi connectivity index (χ4v) is 1.88. The first-order chi connectivity index (χ1) is 7.88. The molecular formula is C13H24N4. The minimum atomic E-state index is 0.546. The molecule has 0 unspecified atom stereocenters. The van der Waals surface area contributed by atoms with Crippen molar-refractivity contribution in [2.24, 2.45) is 11.8 Å². The van der Waals surface area contributed by atoms with Gasteiger partial charge in [0.1, 0.15) is 17.5 Å². The van der Waals surface area contributed by atoms with Crippen LogP contribution in [-0.2, 0) is 0 Å². The van der Waals surface area contributed by atoms with Gasteiger partial charge in [-0.3, -0.25) is 0 Å². The molecule has 0 atom stereocenters. The van der Waals surface area contributed by atoms with Gasteiger partial charge in [0.15, 0.2) is 0 Å². The molecule has 0 aliphatic heterocycles. The summed E-state index contributed by atoms with van der Waals surface area (Å²) in [6.45, 7) is 12.7. The van der Waals surface area contributed by atoms with Gasteiger partial charge in [-0.25, -0.2) is 9.97 Å². The lowest BCUT2D eigenvalue weighted by atomic mass is 10.1. The number of nitrogens with two attached hydrogens (primary N) is 1. The normalized spacial score (nSPS) is 11.2. The van der Waals surface area contributed by atoms with Crippen LogP contribution in [0.15, 0.2) is 6.07 Å². The van der Waals surface area contributed by atoms with Crippen molar-refractivity contribution in [3.05, 3.63) is 11.9 Å². The van der Waals surface area contributed by atoms with E-state index < -0.39 is 0 Å². The van der Waals surface area contributed by atoms with Crippen LogP contribution in [-0.4, -0.2) is 23.1 Å². The van der Waals surface area contributed by atoms with Crippen molar-refractivity contribution in [2.75, 3.05) is 23.7 Å². The standard InChI is InChI=1S/C13H24N4/c1-9(2)7-17(8-10(3)4)13-6-12(14)15-11(5)16-13/h6,9-10H,7-8H2,1-5H3,(H2,14,15,16). The summed E-state index contributed by atoms with van der Waals surface area (Å²) in [5.74, 6) is 3.43. The molecule has 0 amide bonds. The van der Waals surface area contributed by atoms with Crippen molar-refractivity contribution in [1.29, 1.82) is 0 Å². The number of aryl methyl sites for hydroxylation is 1. The summed E-state index contributed by atoms with van der Waals surface area (Å²) in [6, 6.07) is 1.86. The van der Waals surface area contributed by atoms with Gasteiger partial charge >= 0.3 is 0 Å². The van der Waals surface area contributed by atoms with Crippen molar-refractivity contribution < 1.29 is 0 Å². The Kier molecular flexibility index (Phi) is 4.73. The topological polar surface area (TPSA) is 55.0 Å². The van der Waals surface area contributed by atoms with E-state index in [1.54, 1.807) is 0 Å². The van der Waals surface area contributed by atoms with Crippen molar-refractivity contribution in [1.82, 2.24) is 9.97 Å². The van der Waals surface area contributed by atoms with Gasteiger partial charge in [-0.15, -0.1) is 0 Å². The number of anilines is 2. The summed E-state index contributed by atoms with van der Waals surface area (Å²) < 4.78 is 0. The highest BCUT2D eigenvalue weighted by Crippen LogP contribution is 2.17. The Labute approximate surface area is 104 Å². The minimum Gasteiger partial charge on any atom is -0.384 e. The molecule has 96 valence electrons. The number of aromatic nitrogens is 2. The van der Waals surface area contributed by atoms with Gasteiger partial charge in [-0.05, 0) is 18.8 Å². The van der Waals surface area contributed by atoms with Crippen LogP contribution in [0.3, 0.4) is 0 Å². The number of nitrogen functional groups attached to an aromatic ring is 1. The van der Waals surface area contributed by atoms with E-state index in [4.69, 9.17) is 5.73 Å². The maximum absolute atomic E-state index is 5.78. The van der Waals surface area contributed by atoms with Crippen LogP contribution in [0, 0.1) is 18.8 Å². The third-order valence-corrected chi connectivity index (χ3v) is 2.34. The van der Waals surface area contributed by atoms with Crippen LogP contribution in [0.1, 0.15) is 33.5 Å². The van der Waals surface area contributed by atoms with Gasteiger partial charge in [0.25, 0.3) is 0 Å². The highest BCUT2D eigenvalue weighted by molar-refractivity contribution is 5.47. The van der Waals surface area contributed by atoms with Gasteiger partial charge in [0.2, 0.25) is 0 Å². The van der Waals surface area contributed by atoms with Crippen molar-refractivity contribution >= 4 is 11.6 Å². The predicted molar refractivity (Wildman–Crippen MR) is 73.1 cm³/mol. The Balaban J connectivity index is 2.94. The Morgan fingerprint density at radius 1 is 1.12 bits per heavy atom. The molecule has 4 heteroatoms. The molecule has 0 saturated carbocycles. The molecule has 17 heavy (non-hydrogen) atoms. The van der Waals surface area contributed by atoms with E-state index in [0.717, 1.165) is 24.7 Å². The van der Waals surface area contributed by atoms with Crippen molar-refractivity contribution in [2.45, 2.75) is 34.6 Å². The molecule has 0 bridgehead atoms. The lowest BCUT2D eigenvalue weighted by Gasteiger charge is -2.27. The maximum atomic E-state index is 5.78. The monoisotopic (exact) mass is 236 g/mol. The Morgan fingerprint density at radius 2 is 1.65 bits per heavy atom. The molecule has 2 N–H and O–H groups in total. The molecule has 0 aliphatic rings. The first kappa shape index (κ1) is 13.7. The second-order valence-electron chi connectivity index (χ2n) is 5.39. The lowest BCUT2D eigenvalue weighted by Crippen LogP contribution is -2.32. The zero-order valence-corrected chi connectivity index (χ0v) is 11.6. The Hall–Kier alpha value is -1.32. The molecule has 1 rings (SSSR count). The molecule has 4 nitrogen and oxygen atoms in total. The molecule has 0 aromatic carbocycles. The summed E-state index contributed by atoms with van der Waals surface area (Å²) >= 11 is 0. The Bertz CT molecular complexity index is 330. The molecule has 1 aromatic heterocycles. The van der Waals surface area contributed by atoms with Crippen molar-refractivity contribution in [3.63, 3.8) is 0 Å². The van der Waals surface area contributed by atoms with Crippen LogP contribution < -0.4 is 10.6 Å². The molecule has 0 aliphatic carbocycles. The third-order valence-electron chi connectivity index (χ3n) is 2.34. The van der Waals surface area contributed by atoms with E-state index in [0.29, 0.717) is 17.7 Å². The van der Waals surface area contributed by atoms with Crippen LogP contribution in [0.25, 0.3) is 0 Å². The summed E-state index contributed by atoms with van der Waals surface area (Å²) in [7, 11) is 0. The van der Waals surface area contributed by atoms with E-state index in [2.05, 4.69) is 42.6 Å². The number of rotatable bonds is 5. The molecule has 1 aromatic rings. The van der Waals surface area contributed by atoms with Crippen LogP contribution in [0.4, 0.5) is 11.6 Å². The maximum Gasteiger partial charge on any atom is 0.134 e. The second-order valence-corrected chi connectivity index (χ2v) is 5.39. The largest absolute Gasteiger partial charge is 0.384 e. The van der Waals surface area contributed by atoms with Gasteiger partial charge in [-0.2, -0.15) is 0 Å². The highest BCUT2D eigenvalue weighted by Gasteiger charge is 2.13. The summed E-state index contributed by atoms with van der Waals surface area (Å²) in [6.07, 6.45) is 0. The first-order valence-corrected chi connectivity index (χ1v) is 6.24. The summed E-state index contributed by atoms with van der Waals surface area (Å²) in [4.78, 5) is 10.9. The van der Waals surface area contributed by atoms with Crippen molar-refractivity contribution in [3.8, 4) is 0 Å². The average Bonchev–Trinajstić information content (AvgIpc) is 2.13. The summed E-state index contributed by atoms with van der Waals surface area (Å²) in [5, 5.41) is 0. The Morgan fingerprint density at radius 3 is 2.06 bits per heavy atom. The van der Waals surface area contributed by atoms with E-state index in [1.807, 2.05) is 13.0 Å². The van der Waals surface area contributed by atoms with Crippen LogP contribution >= 0.6 is 0 Å². The predicted octanol–water partition coefficient (Wildman–Crippen LogP) is 2.49. The minimum absolute atomic E-state index is 0.546. The fraction of sp³-hybridized carbons (Fsp3) is 0.692. The molecule has 0 fully saturated rings. The zero-order valence-electron chi connectivity index (χ0n) is 11.6. The number of nitrogens with zero attached hydrogens (tertiary/aromatic N) is 3. The fourth-order valence-electron chi connectivity index (χ4n) is 1.88. The number of hydrogen-bond donors (Lipinski definition) is 1. The molecule has 0 radical (unpaired) electrons. The van der Waals surface area contributed by atoms with E-state index in [1.165, 1.54) is 0 Å². The highest BCUT2D eigenvalue weighted by atomic mass is 15.2. The average molecular weight is 236 g/mol. The van der Waals surface area contributed by atoms with E-state index in [9.17, 15) is 0 Å². The molecule has 0 saturated heterocycles. The SMILES string of the molecule is Cc1nc(N)cc(N(CC(C)C)CC(C)C)n1. The first-order valence-electron chi connectivity index (χ1n) is 6.24. The quantitative estimate of drug-likeness (QED) is 0.853. The molecule has 1 heterocycles. The van der Waals surface area contributed by atoms with Crippen LogP contribution in [0.2, 0.25) is 0 Å². The smallest absolute Gasteiger partial charge is 0.134 e. The van der Waals surface area contributed by atoms with E-state index in [-0.39, 0.29) is 0 Å². The van der Waals surface area contributed by atoms with Gasteiger partial charge in [0, 0.05) is 19.2 Å².